The molecule has 0 radical (unpaired) electrons. The SMILES string of the molecule is Cc1c(C(=O)Nc2ccnnc2)cnn1C1CCC(C)(C#N)CC1. The Kier molecular flexibility index (Phi) is 4.30. The molecule has 0 aliphatic heterocycles. The van der Waals surface area contributed by atoms with Crippen LogP contribution >= 0.6 is 0 Å². The van der Waals surface area contributed by atoms with Crippen LogP contribution in [0.2, 0.25) is 0 Å². The van der Waals surface area contributed by atoms with Gasteiger partial charge in [-0.3, -0.25) is 9.48 Å². The number of carbonyl (C=O) groups is 1. The van der Waals surface area contributed by atoms with E-state index in [2.05, 4.69) is 26.7 Å². The molecule has 1 aliphatic rings. The fraction of sp³-hybridized carbons (Fsp3) is 0.471. The van der Waals surface area contributed by atoms with Gasteiger partial charge in [-0.2, -0.15) is 20.6 Å². The van der Waals surface area contributed by atoms with Crippen molar-refractivity contribution in [2.24, 2.45) is 5.41 Å². The van der Waals surface area contributed by atoms with E-state index >= 15 is 0 Å². The molecule has 1 aliphatic carbocycles. The van der Waals surface area contributed by atoms with E-state index in [0.717, 1.165) is 31.4 Å². The van der Waals surface area contributed by atoms with Gasteiger partial charge in [-0.25, -0.2) is 0 Å². The molecule has 0 aromatic carbocycles. The van der Waals surface area contributed by atoms with Crippen molar-refractivity contribution in [1.82, 2.24) is 20.0 Å². The molecule has 0 unspecified atom stereocenters. The Morgan fingerprint density at radius 1 is 1.38 bits per heavy atom. The van der Waals surface area contributed by atoms with Crippen LogP contribution in [-0.2, 0) is 0 Å². The van der Waals surface area contributed by atoms with E-state index in [1.165, 1.54) is 12.4 Å². The number of hydrogen-bond donors (Lipinski definition) is 1. The zero-order chi connectivity index (χ0) is 17.2. The number of nitrogens with zero attached hydrogens (tertiary/aromatic N) is 5. The van der Waals surface area contributed by atoms with E-state index in [1.54, 1.807) is 12.3 Å². The van der Waals surface area contributed by atoms with Crippen molar-refractivity contribution < 1.29 is 4.79 Å². The van der Waals surface area contributed by atoms with E-state index in [4.69, 9.17) is 0 Å². The number of anilines is 1. The second-order valence-corrected chi connectivity index (χ2v) is 6.58. The molecular formula is C17H20N6O. The molecule has 2 aromatic rings. The van der Waals surface area contributed by atoms with Crippen molar-refractivity contribution in [2.45, 2.75) is 45.6 Å². The summed E-state index contributed by atoms with van der Waals surface area (Å²) in [5, 5.41) is 23.9. The van der Waals surface area contributed by atoms with Crippen molar-refractivity contribution in [2.75, 3.05) is 5.32 Å². The predicted octanol–water partition coefficient (Wildman–Crippen LogP) is 2.88. The lowest BCUT2D eigenvalue weighted by molar-refractivity contribution is 0.102. The van der Waals surface area contributed by atoms with Crippen LogP contribution in [0.15, 0.2) is 24.7 Å². The van der Waals surface area contributed by atoms with Gasteiger partial charge in [-0.15, -0.1) is 0 Å². The molecule has 1 saturated carbocycles. The molecule has 1 amide bonds. The van der Waals surface area contributed by atoms with Crippen LogP contribution in [0.5, 0.6) is 0 Å². The molecule has 0 spiro atoms. The maximum atomic E-state index is 12.4. The Morgan fingerprint density at radius 3 is 2.75 bits per heavy atom. The quantitative estimate of drug-likeness (QED) is 0.936. The van der Waals surface area contributed by atoms with Gasteiger partial charge in [0.25, 0.3) is 5.91 Å². The van der Waals surface area contributed by atoms with Gasteiger partial charge in [0.15, 0.2) is 0 Å². The Bertz CT molecular complexity index is 768. The summed E-state index contributed by atoms with van der Waals surface area (Å²) in [6.07, 6.45) is 8.16. The molecule has 2 aromatic heterocycles. The zero-order valence-corrected chi connectivity index (χ0v) is 13.9. The molecular weight excluding hydrogens is 304 g/mol. The maximum absolute atomic E-state index is 12.4. The Labute approximate surface area is 140 Å². The molecule has 0 bridgehead atoms. The van der Waals surface area contributed by atoms with Crippen molar-refractivity contribution >= 4 is 11.6 Å². The standard InChI is InChI=1S/C17H20N6O/c1-12-15(16(24)22-13-5-8-19-20-9-13)10-21-23(12)14-3-6-17(2,11-18)7-4-14/h5,8-10,14H,3-4,6-7H2,1-2H3,(H,19,22,24). The largest absolute Gasteiger partial charge is 0.320 e. The molecule has 3 rings (SSSR count). The Morgan fingerprint density at radius 2 is 2.12 bits per heavy atom. The molecule has 124 valence electrons. The number of nitrogens with one attached hydrogen (secondary N) is 1. The first kappa shape index (κ1) is 16.1. The summed E-state index contributed by atoms with van der Waals surface area (Å²) in [6.45, 7) is 3.92. The summed E-state index contributed by atoms with van der Waals surface area (Å²) >= 11 is 0. The molecule has 1 fully saturated rings. The van der Waals surface area contributed by atoms with Crippen molar-refractivity contribution in [3.8, 4) is 6.07 Å². The third-order valence-electron chi connectivity index (χ3n) is 4.81. The highest BCUT2D eigenvalue weighted by Gasteiger charge is 2.33. The molecule has 0 saturated heterocycles. The number of hydrogen-bond acceptors (Lipinski definition) is 5. The summed E-state index contributed by atoms with van der Waals surface area (Å²) in [4.78, 5) is 12.4. The normalized spacial score (nSPS) is 23.5. The minimum absolute atomic E-state index is 0.204. The monoisotopic (exact) mass is 324 g/mol. The number of nitriles is 1. The van der Waals surface area contributed by atoms with Gasteiger partial charge in [0.2, 0.25) is 0 Å². The summed E-state index contributed by atoms with van der Waals surface area (Å²) < 4.78 is 1.93. The lowest BCUT2D eigenvalue weighted by Gasteiger charge is -2.32. The summed E-state index contributed by atoms with van der Waals surface area (Å²) in [5.41, 5.74) is 1.77. The topological polar surface area (TPSA) is 96.5 Å². The predicted molar refractivity (Wildman–Crippen MR) is 88.2 cm³/mol. The lowest BCUT2D eigenvalue weighted by atomic mass is 9.75. The van der Waals surface area contributed by atoms with Gasteiger partial charge >= 0.3 is 0 Å². The van der Waals surface area contributed by atoms with Crippen LogP contribution in [0.25, 0.3) is 0 Å². The number of amides is 1. The highest BCUT2D eigenvalue weighted by atomic mass is 16.1. The van der Waals surface area contributed by atoms with Crippen molar-refractivity contribution in [3.05, 3.63) is 35.9 Å². The second kappa shape index (κ2) is 6.40. The van der Waals surface area contributed by atoms with Crippen LogP contribution in [-0.4, -0.2) is 25.9 Å². The molecule has 1 N–H and O–H groups in total. The third kappa shape index (κ3) is 3.13. The lowest BCUT2D eigenvalue weighted by Crippen LogP contribution is -2.26. The van der Waals surface area contributed by atoms with E-state index in [1.807, 2.05) is 18.5 Å². The molecule has 7 nitrogen and oxygen atoms in total. The summed E-state index contributed by atoms with van der Waals surface area (Å²) in [6, 6.07) is 4.35. The number of aromatic nitrogens is 4. The smallest absolute Gasteiger partial charge is 0.259 e. The van der Waals surface area contributed by atoms with Crippen LogP contribution in [0.3, 0.4) is 0 Å². The van der Waals surface area contributed by atoms with Gasteiger partial charge in [0.05, 0.1) is 47.4 Å². The zero-order valence-electron chi connectivity index (χ0n) is 13.9. The maximum Gasteiger partial charge on any atom is 0.259 e. The fourth-order valence-corrected chi connectivity index (χ4v) is 3.17. The fourth-order valence-electron chi connectivity index (χ4n) is 3.17. The summed E-state index contributed by atoms with van der Waals surface area (Å²) in [7, 11) is 0. The van der Waals surface area contributed by atoms with Crippen molar-refractivity contribution in [3.63, 3.8) is 0 Å². The number of rotatable bonds is 3. The number of carbonyl (C=O) groups excluding carboxylic acids is 1. The van der Waals surface area contributed by atoms with Crippen LogP contribution < -0.4 is 5.32 Å². The summed E-state index contributed by atoms with van der Waals surface area (Å²) in [5.74, 6) is -0.204. The Balaban J connectivity index is 1.73. The first-order valence-corrected chi connectivity index (χ1v) is 8.06. The highest BCUT2D eigenvalue weighted by molar-refractivity contribution is 6.04. The van der Waals surface area contributed by atoms with Gasteiger partial charge < -0.3 is 5.32 Å². The van der Waals surface area contributed by atoms with Gasteiger partial charge in [0.1, 0.15) is 0 Å². The van der Waals surface area contributed by atoms with Gasteiger partial charge in [-0.1, -0.05) is 0 Å². The van der Waals surface area contributed by atoms with E-state index in [0.29, 0.717) is 11.3 Å². The highest BCUT2D eigenvalue weighted by Crippen LogP contribution is 2.40. The minimum atomic E-state index is -0.230. The second-order valence-electron chi connectivity index (χ2n) is 6.58. The van der Waals surface area contributed by atoms with Crippen molar-refractivity contribution in [1.29, 1.82) is 5.26 Å². The molecule has 7 heteroatoms. The van der Waals surface area contributed by atoms with Crippen LogP contribution in [0.1, 0.15) is 54.7 Å². The van der Waals surface area contributed by atoms with E-state index in [9.17, 15) is 10.1 Å². The molecule has 0 atom stereocenters. The third-order valence-corrected chi connectivity index (χ3v) is 4.81. The average molecular weight is 324 g/mol. The first-order valence-electron chi connectivity index (χ1n) is 8.06. The molecule has 2 heterocycles. The van der Waals surface area contributed by atoms with Crippen LogP contribution in [0, 0.1) is 23.7 Å². The van der Waals surface area contributed by atoms with E-state index in [-0.39, 0.29) is 17.4 Å². The minimum Gasteiger partial charge on any atom is -0.320 e. The van der Waals surface area contributed by atoms with Crippen LogP contribution in [0.4, 0.5) is 5.69 Å². The van der Waals surface area contributed by atoms with Gasteiger partial charge in [0, 0.05) is 5.69 Å². The average Bonchev–Trinajstić information content (AvgIpc) is 2.98. The van der Waals surface area contributed by atoms with E-state index < -0.39 is 0 Å². The van der Waals surface area contributed by atoms with Gasteiger partial charge in [-0.05, 0) is 45.6 Å². The first-order chi connectivity index (χ1) is 11.5. The molecule has 24 heavy (non-hydrogen) atoms. The Hall–Kier alpha value is -2.75.